The first-order valence-corrected chi connectivity index (χ1v) is 7.75. The number of hydrogen-bond acceptors (Lipinski definition) is 2. The predicted octanol–water partition coefficient (Wildman–Crippen LogP) is 3.80. The van der Waals surface area contributed by atoms with Crippen molar-refractivity contribution < 1.29 is 4.79 Å². The number of anilines is 1. The Morgan fingerprint density at radius 3 is 2.62 bits per heavy atom. The average Bonchev–Trinajstić information content (AvgIpc) is 2.85. The monoisotopic (exact) mass is 308 g/mol. The quantitative estimate of drug-likeness (QED) is 0.802. The number of amides is 1. The fourth-order valence-corrected chi connectivity index (χ4v) is 3.86. The van der Waals surface area contributed by atoms with Crippen molar-refractivity contribution in [2.75, 3.05) is 18.8 Å². The fourth-order valence-electron chi connectivity index (χ4n) is 3.86. The predicted molar refractivity (Wildman–Crippen MR) is 88.9 cm³/mol. The van der Waals surface area contributed by atoms with Crippen molar-refractivity contribution in [1.82, 2.24) is 4.90 Å². The number of likely N-dealkylation sites (tertiary alicyclic amines) is 1. The van der Waals surface area contributed by atoms with E-state index in [1.54, 1.807) is 0 Å². The lowest BCUT2D eigenvalue weighted by Gasteiger charge is -2.33. The molecule has 1 aliphatic heterocycles. The topological polar surface area (TPSA) is 46.3 Å². The average molecular weight is 309 g/mol. The summed E-state index contributed by atoms with van der Waals surface area (Å²) >= 11 is 0. The number of nitrogens with zero attached hydrogens (tertiary/aromatic N) is 1. The molecule has 116 valence electrons. The van der Waals surface area contributed by atoms with Gasteiger partial charge in [0.2, 0.25) is 0 Å². The molecule has 0 unspecified atom stereocenters. The number of carbonyl (C=O) groups excluding carboxylic acids is 1. The minimum Gasteiger partial charge on any atom is -0.399 e. The van der Waals surface area contributed by atoms with Gasteiger partial charge in [0.05, 0.1) is 0 Å². The lowest BCUT2D eigenvalue weighted by Crippen LogP contribution is -2.33. The van der Waals surface area contributed by atoms with Gasteiger partial charge in [-0.25, -0.2) is 0 Å². The number of carbonyl (C=O) groups is 1. The third-order valence-corrected chi connectivity index (χ3v) is 5.13. The van der Waals surface area contributed by atoms with E-state index >= 15 is 0 Å². The second-order valence-corrected chi connectivity index (χ2v) is 6.61. The number of hydrogen-bond donors (Lipinski definition) is 1. The van der Waals surface area contributed by atoms with Gasteiger partial charge in [0.25, 0.3) is 5.91 Å². The molecule has 4 heteroatoms. The number of rotatable bonds is 1. The van der Waals surface area contributed by atoms with E-state index < -0.39 is 0 Å². The van der Waals surface area contributed by atoms with Gasteiger partial charge < -0.3 is 10.6 Å². The Morgan fingerprint density at radius 2 is 1.90 bits per heavy atom. The summed E-state index contributed by atoms with van der Waals surface area (Å²) in [6.07, 6.45) is 7.81. The lowest BCUT2D eigenvalue weighted by atomic mass is 9.73. The van der Waals surface area contributed by atoms with Gasteiger partial charge in [0, 0.05) is 24.3 Å². The van der Waals surface area contributed by atoms with Crippen molar-refractivity contribution in [2.45, 2.75) is 45.4 Å². The van der Waals surface area contributed by atoms with Crippen LogP contribution in [0, 0.1) is 12.3 Å². The molecular formula is C17H25ClN2O. The molecule has 0 radical (unpaired) electrons. The number of aryl methyl sites for hydroxylation is 1. The molecule has 3 rings (SSSR count). The summed E-state index contributed by atoms with van der Waals surface area (Å²) in [5.74, 6) is 0.164. The zero-order valence-electron chi connectivity index (χ0n) is 12.7. The minimum absolute atomic E-state index is 0. The van der Waals surface area contributed by atoms with Gasteiger partial charge >= 0.3 is 0 Å². The molecule has 1 aromatic rings. The van der Waals surface area contributed by atoms with Gasteiger partial charge in [-0.1, -0.05) is 25.3 Å². The van der Waals surface area contributed by atoms with Crippen LogP contribution in [0.2, 0.25) is 0 Å². The van der Waals surface area contributed by atoms with Crippen molar-refractivity contribution in [3.8, 4) is 0 Å². The maximum absolute atomic E-state index is 12.7. The highest BCUT2D eigenvalue weighted by atomic mass is 35.5. The first-order valence-electron chi connectivity index (χ1n) is 7.75. The highest BCUT2D eigenvalue weighted by Gasteiger charge is 2.40. The molecular weight excluding hydrogens is 284 g/mol. The van der Waals surface area contributed by atoms with Crippen LogP contribution >= 0.6 is 12.4 Å². The van der Waals surface area contributed by atoms with E-state index in [1.165, 1.54) is 38.5 Å². The first kappa shape index (κ1) is 16.2. The minimum atomic E-state index is 0. The van der Waals surface area contributed by atoms with E-state index in [-0.39, 0.29) is 18.3 Å². The Bertz CT molecular complexity index is 524. The molecule has 2 fully saturated rings. The first-order chi connectivity index (χ1) is 9.60. The van der Waals surface area contributed by atoms with E-state index in [0.717, 1.165) is 24.2 Å². The highest BCUT2D eigenvalue weighted by molar-refractivity contribution is 5.96. The van der Waals surface area contributed by atoms with Gasteiger partial charge in [-0.2, -0.15) is 0 Å². The Hall–Kier alpha value is -1.22. The van der Waals surface area contributed by atoms with Crippen molar-refractivity contribution in [3.63, 3.8) is 0 Å². The zero-order chi connectivity index (χ0) is 14.2. The number of benzene rings is 1. The molecule has 0 bridgehead atoms. The maximum Gasteiger partial charge on any atom is 0.254 e. The van der Waals surface area contributed by atoms with Gasteiger partial charge in [-0.05, 0) is 49.3 Å². The molecule has 0 atom stereocenters. The summed E-state index contributed by atoms with van der Waals surface area (Å²) in [6.45, 7) is 3.84. The van der Waals surface area contributed by atoms with Crippen LogP contribution in [0.4, 0.5) is 5.69 Å². The van der Waals surface area contributed by atoms with Gasteiger partial charge in [-0.3, -0.25) is 4.79 Å². The fraction of sp³-hybridized carbons (Fsp3) is 0.588. The van der Waals surface area contributed by atoms with Crippen LogP contribution in [0.1, 0.15) is 54.4 Å². The summed E-state index contributed by atoms with van der Waals surface area (Å²) in [6, 6.07) is 5.62. The summed E-state index contributed by atoms with van der Waals surface area (Å²) in [7, 11) is 0. The van der Waals surface area contributed by atoms with Crippen molar-refractivity contribution in [2.24, 2.45) is 5.41 Å². The molecule has 2 N–H and O–H groups in total. The Labute approximate surface area is 133 Å². The summed E-state index contributed by atoms with van der Waals surface area (Å²) in [5, 5.41) is 0. The largest absolute Gasteiger partial charge is 0.399 e. The van der Waals surface area contributed by atoms with Crippen LogP contribution in [0.25, 0.3) is 0 Å². The van der Waals surface area contributed by atoms with Crippen molar-refractivity contribution in [1.29, 1.82) is 0 Å². The number of halogens is 1. The molecule has 1 spiro atoms. The van der Waals surface area contributed by atoms with Gasteiger partial charge in [0.1, 0.15) is 0 Å². The molecule has 21 heavy (non-hydrogen) atoms. The Kier molecular flexibility index (Phi) is 4.82. The van der Waals surface area contributed by atoms with Crippen molar-refractivity contribution >= 4 is 24.0 Å². The molecule has 0 aromatic heterocycles. The van der Waals surface area contributed by atoms with Crippen LogP contribution in [0.3, 0.4) is 0 Å². The number of nitrogens with two attached hydrogens (primary N) is 1. The van der Waals surface area contributed by atoms with Crippen LogP contribution in [-0.2, 0) is 0 Å². The van der Waals surface area contributed by atoms with Crippen LogP contribution in [0.5, 0.6) is 0 Å². The van der Waals surface area contributed by atoms with E-state index in [0.29, 0.717) is 11.1 Å². The molecule has 1 heterocycles. The SMILES string of the molecule is Cc1ccc(N)cc1C(=O)N1CCC2(CCCCC2)C1.Cl. The van der Waals surface area contributed by atoms with Gasteiger partial charge in [-0.15, -0.1) is 12.4 Å². The molecule has 2 aliphatic rings. The molecule has 1 saturated carbocycles. The molecule has 1 saturated heterocycles. The van der Waals surface area contributed by atoms with E-state index in [4.69, 9.17) is 5.73 Å². The lowest BCUT2D eigenvalue weighted by molar-refractivity contribution is 0.0758. The Morgan fingerprint density at radius 1 is 1.19 bits per heavy atom. The molecule has 1 amide bonds. The normalized spacial score (nSPS) is 20.3. The Balaban J connectivity index is 0.00000161. The second kappa shape index (κ2) is 6.27. The summed E-state index contributed by atoms with van der Waals surface area (Å²) < 4.78 is 0. The van der Waals surface area contributed by atoms with Crippen LogP contribution < -0.4 is 5.73 Å². The molecule has 1 aromatic carbocycles. The summed E-state index contributed by atoms with van der Waals surface area (Å²) in [5.41, 5.74) is 8.72. The number of nitrogen functional groups attached to an aromatic ring is 1. The maximum atomic E-state index is 12.7. The third-order valence-electron chi connectivity index (χ3n) is 5.13. The van der Waals surface area contributed by atoms with Crippen LogP contribution in [0.15, 0.2) is 18.2 Å². The third kappa shape index (κ3) is 3.18. The standard InChI is InChI=1S/C17H24N2O.ClH/c1-13-5-6-14(18)11-15(13)16(20)19-10-9-17(12-19)7-3-2-4-8-17;/h5-6,11H,2-4,7-10,12,18H2,1H3;1H. The smallest absolute Gasteiger partial charge is 0.254 e. The van der Waals surface area contributed by atoms with E-state index in [9.17, 15) is 4.79 Å². The van der Waals surface area contributed by atoms with Crippen LogP contribution in [-0.4, -0.2) is 23.9 Å². The zero-order valence-corrected chi connectivity index (χ0v) is 13.5. The highest BCUT2D eigenvalue weighted by Crippen LogP contribution is 2.44. The second-order valence-electron chi connectivity index (χ2n) is 6.61. The van der Waals surface area contributed by atoms with Gasteiger partial charge in [0.15, 0.2) is 0 Å². The molecule has 1 aliphatic carbocycles. The van der Waals surface area contributed by atoms with E-state index in [2.05, 4.69) is 0 Å². The summed E-state index contributed by atoms with van der Waals surface area (Å²) in [4.78, 5) is 14.8. The van der Waals surface area contributed by atoms with E-state index in [1.807, 2.05) is 30.0 Å². The molecule has 3 nitrogen and oxygen atoms in total. The van der Waals surface area contributed by atoms with Crippen molar-refractivity contribution in [3.05, 3.63) is 29.3 Å².